The maximum Gasteiger partial charge on any atom is 0.242 e. The van der Waals surface area contributed by atoms with Crippen LogP contribution < -0.4 is 5.32 Å². The van der Waals surface area contributed by atoms with E-state index in [0.29, 0.717) is 10.4 Å². The van der Waals surface area contributed by atoms with Crippen molar-refractivity contribution in [3.8, 4) is 0 Å². The number of hydrogen-bond donors (Lipinski definition) is 1. The molecule has 0 saturated heterocycles. The molecule has 13 heavy (non-hydrogen) atoms. The summed E-state index contributed by atoms with van der Waals surface area (Å²) in [6.45, 7) is 0. The second-order valence-electron chi connectivity index (χ2n) is 2.46. The molecule has 0 aromatic carbocycles. The number of nitrogens with one attached hydrogen (secondary N) is 1. The fourth-order valence-corrected chi connectivity index (χ4v) is 1.42. The monoisotopic (exact) mass is 244 g/mol. The van der Waals surface area contributed by atoms with E-state index in [1.54, 1.807) is 13.2 Å². The average molecular weight is 245 g/mol. The Morgan fingerprint density at radius 2 is 2.38 bits per heavy atom. The summed E-state index contributed by atoms with van der Waals surface area (Å²) in [5.41, 5.74) is 0.215. The molecule has 68 valence electrons. The van der Waals surface area contributed by atoms with Crippen LogP contribution >= 0.6 is 15.9 Å². The van der Waals surface area contributed by atoms with Crippen LogP contribution in [0, 0.1) is 5.82 Å². The first-order chi connectivity index (χ1) is 6.20. The lowest BCUT2D eigenvalue weighted by molar-refractivity contribution is 0.626. The number of fused-ring (bicyclic) bond motifs is 1. The smallest absolute Gasteiger partial charge is 0.242 e. The fourth-order valence-electron chi connectivity index (χ4n) is 1.02. The van der Waals surface area contributed by atoms with Gasteiger partial charge in [-0.3, -0.25) is 0 Å². The minimum Gasteiger partial charge on any atom is -0.356 e. The zero-order chi connectivity index (χ0) is 9.42. The van der Waals surface area contributed by atoms with E-state index < -0.39 is 5.82 Å². The van der Waals surface area contributed by atoms with Gasteiger partial charge in [0.25, 0.3) is 0 Å². The van der Waals surface area contributed by atoms with Gasteiger partial charge in [-0.25, -0.2) is 8.91 Å². The summed E-state index contributed by atoms with van der Waals surface area (Å²) in [7, 11) is 1.68. The molecule has 2 aromatic rings. The van der Waals surface area contributed by atoms with Crippen molar-refractivity contribution in [3.63, 3.8) is 0 Å². The number of halogens is 2. The predicted molar refractivity (Wildman–Crippen MR) is 50.2 cm³/mol. The molecule has 1 N–H and O–H groups in total. The lowest BCUT2D eigenvalue weighted by Gasteiger charge is -1.93. The van der Waals surface area contributed by atoms with Crippen LogP contribution in [0.3, 0.4) is 0 Å². The lowest BCUT2D eigenvalue weighted by Crippen LogP contribution is -1.91. The van der Waals surface area contributed by atoms with E-state index >= 15 is 0 Å². The van der Waals surface area contributed by atoms with Gasteiger partial charge < -0.3 is 5.32 Å². The Balaban J connectivity index is 2.75. The van der Waals surface area contributed by atoms with Gasteiger partial charge in [-0.15, -0.1) is 5.10 Å². The largest absolute Gasteiger partial charge is 0.356 e. The highest BCUT2D eigenvalue weighted by molar-refractivity contribution is 9.10. The molecule has 0 spiro atoms. The van der Waals surface area contributed by atoms with Gasteiger partial charge in [-0.2, -0.15) is 4.98 Å². The SMILES string of the molecule is CNc1nc2c(F)cc(Br)cn2n1. The van der Waals surface area contributed by atoms with Crippen molar-refractivity contribution in [2.45, 2.75) is 0 Å². The Labute approximate surface area is 81.9 Å². The molecular weight excluding hydrogens is 239 g/mol. The summed E-state index contributed by atoms with van der Waals surface area (Å²) in [5.74, 6) is 0.000347. The molecule has 0 atom stereocenters. The molecule has 0 aliphatic heterocycles. The Bertz CT molecular complexity index is 453. The van der Waals surface area contributed by atoms with Crippen molar-refractivity contribution < 1.29 is 4.39 Å². The summed E-state index contributed by atoms with van der Waals surface area (Å²) in [6.07, 6.45) is 1.65. The van der Waals surface area contributed by atoms with Crippen LogP contribution in [0.5, 0.6) is 0 Å². The van der Waals surface area contributed by atoms with E-state index in [9.17, 15) is 4.39 Å². The molecule has 2 aromatic heterocycles. The van der Waals surface area contributed by atoms with E-state index in [1.807, 2.05) is 0 Å². The maximum absolute atomic E-state index is 13.2. The van der Waals surface area contributed by atoms with Gasteiger partial charge in [-0.05, 0) is 22.0 Å². The Morgan fingerprint density at radius 1 is 1.62 bits per heavy atom. The quantitative estimate of drug-likeness (QED) is 0.830. The topological polar surface area (TPSA) is 42.2 Å². The number of hydrogen-bond acceptors (Lipinski definition) is 3. The summed E-state index contributed by atoms with van der Waals surface area (Å²) >= 11 is 3.17. The average Bonchev–Trinajstić information content (AvgIpc) is 2.47. The van der Waals surface area contributed by atoms with E-state index in [1.165, 1.54) is 10.6 Å². The number of rotatable bonds is 1. The van der Waals surface area contributed by atoms with Crippen molar-refractivity contribution >= 4 is 27.5 Å². The van der Waals surface area contributed by atoms with Crippen LogP contribution in [0.25, 0.3) is 5.65 Å². The normalized spacial score (nSPS) is 10.7. The summed E-state index contributed by atoms with van der Waals surface area (Å²) in [4.78, 5) is 3.92. The molecule has 0 saturated carbocycles. The van der Waals surface area contributed by atoms with Gasteiger partial charge in [0.2, 0.25) is 5.95 Å². The first-order valence-corrected chi connectivity index (χ1v) is 4.39. The van der Waals surface area contributed by atoms with Crippen molar-refractivity contribution in [2.24, 2.45) is 0 Å². The van der Waals surface area contributed by atoms with E-state index in [2.05, 4.69) is 31.3 Å². The molecule has 0 amide bonds. The minimum absolute atomic E-state index is 0.215. The molecule has 0 radical (unpaired) electrons. The molecule has 0 aliphatic carbocycles. The zero-order valence-corrected chi connectivity index (χ0v) is 8.34. The number of nitrogens with zero attached hydrogens (tertiary/aromatic N) is 3. The first-order valence-electron chi connectivity index (χ1n) is 3.60. The van der Waals surface area contributed by atoms with E-state index in [0.717, 1.165) is 0 Å². The highest BCUT2D eigenvalue weighted by Gasteiger charge is 2.07. The van der Waals surface area contributed by atoms with Crippen molar-refractivity contribution in [1.29, 1.82) is 0 Å². The number of aromatic nitrogens is 3. The molecule has 0 unspecified atom stereocenters. The maximum atomic E-state index is 13.2. The van der Waals surface area contributed by atoms with Crippen molar-refractivity contribution in [3.05, 3.63) is 22.6 Å². The van der Waals surface area contributed by atoms with E-state index in [-0.39, 0.29) is 5.65 Å². The molecule has 4 nitrogen and oxygen atoms in total. The molecule has 2 rings (SSSR count). The van der Waals surface area contributed by atoms with Gasteiger partial charge in [-0.1, -0.05) is 0 Å². The van der Waals surface area contributed by atoms with Crippen LogP contribution in [0.15, 0.2) is 16.7 Å². The first kappa shape index (κ1) is 8.43. The third-order valence-corrected chi connectivity index (χ3v) is 2.01. The second-order valence-corrected chi connectivity index (χ2v) is 3.38. The van der Waals surface area contributed by atoms with Gasteiger partial charge in [0.15, 0.2) is 11.5 Å². The molecule has 2 heterocycles. The molecule has 0 aliphatic rings. The van der Waals surface area contributed by atoms with Crippen LogP contribution in [0.1, 0.15) is 0 Å². The van der Waals surface area contributed by atoms with Crippen LogP contribution in [0.4, 0.5) is 10.3 Å². The van der Waals surface area contributed by atoms with Gasteiger partial charge in [0, 0.05) is 17.7 Å². The van der Waals surface area contributed by atoms with Crippen LogP contribution in [-0.2, 0) is 0 Å². The number of anilines is 1. The third-order valence-electron chi connectivity index (χ3n) is 1.58. The highest BCUT2D eigenvalue weighted by atomic mass is 79.9. The third kappa shape index (κ3) is 1.37. The van der Waals surface area contributed by atoms with Gasteiger partial charge in [0.1, 0.15) is 0 Å². The zero-order valence-electron chi connectivity index (χ0n) is 6.75. The second kappa shape index (κ2) is 2.95. The molecule has 6 heteroatoms. The Morgan fingerprint density at radius 3 is 3.08 bits per heavy atom. The van der Waals surface area contributed by atoms with Gasteiger partial charge >= 0.3 is 0 Å². The van der Waals surface area contributed by atoms with Gasteiger partial charge in [0.05, 0.1) is 0 Å². The van der Waals surface area contributed by atoms with Crippen LogP contribution in [0.2, 0.25) is 0 Å². The lowest BCUT2D eigenvalue weighted by atomic mass is 10.5. The Kier molecular flexibility index (Phi) is 1.91. The standard InChI is InChI=1S/C7H6BrFN4/c1-10-7-11-6-5(9)2-4(8)3-13(6)12-7/h2-3H,1H3,(H,10,12). The predicted octanol–water partition coefficient (Wildman–Crippen LogP) is 1.67. The Hall–Kier alpha value is -1.17. The molecule has 0 bridgehead atoms. The number of pyridine rings is 1. The van der Waals surface area contributed by atoms with Crippen molar-refractivity contribution in [2.75, 3.05) is 12.4 Å². The van der Waals surface area contributed by atoms with Crippen LogP contribution in [-0.4, -0.2) is 21.6 Å². The summed E-state index contributed by atoms with van der Waals surface area (Å²) in [5, 5.41) is 6.72. The highest BCUT2D eigenvalue weighted by Crippen LogP contribution is 2.15. The summed E-state index contributed by atoms with van der Waals surface area (Å²) in [6, 6.07) is 1.35. The molecule has 0 fully saturated rings. The van der Waals surface area contributed by atoms with Crippen molar-refractivity contribution in [1.82, 2.24) is 14.6 Å². The minimum atomic E-state index is -0.400. The van der Waals surface area contributed by atoms with E-state index in [4.69, 9.17) is 0 Å². The summed E-state index contributed by atoms with van der Waals surface area (Å²) < 4.78 is 15.2. The molecular formula is C7H6BrFN4. The fraction of sp³-hybridized carbons (Fsp3) is 0.143.